The van der Waals surface area contributed by atoms with E-state index < -0.39 is 5.97 Å². The third-order valence-corrected chi connectivity index (χ3v) is 3.23. The molecule has 7 heteroatoms. The smallest absolute Gasteiger partial charge is 0.339 e. The summed E-state index contributed by atoms with van der Waals surface area (Å²) in [6, 6.07) is 0. The molecule has 0 aliphatic heterocycles. The molecule has 110 valence electrons. The molecule has 21 heavy (non-hydrogen) atoms. The molecule has 2 aromatic rings. The molecule has 0 atom stereocenters. The molecule has 0 radical (unpaired) electrons. The average Bonchev–Trinajstić information content (AvgIpc) is 2.75. The lowest BCUT2D eigenvalue weighted by Gasteiger charge is -2.08. The summed E-state index contributed by atoms with van der Waals surface area (Å²) in [5.41, 5.74) is 1.36. The number of aryl methyl sites for hydroxylation is 1. The fourth-order valence-corrected chi connectivity index (χ4v) is 2.08. The highest BCUT2D eigenvalue weighted by Crippen LogP contribution is 2.19. The molecule has 6 nitrogen and oxygen atoms in total. The molecular formula is C14H15ClN4O2. The van der Waals surface area contributed by atoms with Gasteiger partial charge in [0.2, 0.25) is 0 Å². The molecule has 0 amide bonds. The molecule has 0 bridgehead atoms. The minimum atomic E-state index is -1.02. The third kappa shape index (κ3) is 3.28. The second-order valence-corrected chi connectivity index (χ2v) is 5.23. The van der Waals surface area contributed by atoms with E-state index in [0.717, 1.165) is 5.69 Å². The Morgan fingerprint density at radius 2 is 2.10 bits per heavy atom. The molecule has 0 saturated carbocycles. The van der Waals surface area contributed by atoms with Gasteiger partial charge < -0.3 is 5.11 Å². The maximum atomic E-state index is 11.1. The molecule has 0 saturated heterocycles. The predicted molar refractivity (Wildman–Crippen MR) is 80.2 cm³/mol. The Labute approximate surface area is 127 Å². The first-order valence-corrected chi connectivity index (χ1v) is 6.73. The fourth-order valence-electron chi connectivity index (χ4n) is 1.86. The van der Waals surface area contributed by atoms with Crippen molar-refractivity contribution in [3.8, 4) is 0 Å². The lowest BCUT2D eigenvalue weighted by molar-refractivity contribution is 0.0694. The summed E-state index contributed by atoms with van der Waals surface area (Å²) in [5, 5.41) is 13.7. The van der Waals surface area contributed by atoms with Crippen LogP contribution in [-0.2, 0) is 7.05 Å². The number of nitrogens with zero attached hydrogens (tertiary/aromatic N) is 4. The van der Waals surface area contributed by atoms with Gasteiger partial charge in [-0.2, -0.15) is 5.10 Å². The third-order valence-electron chi connectivity index (χ3n) is 2.94. The fraction of sp³-hybridized carbons (Fsp3) is 0.286. The van der Waals surface area contributed by atoms with E-state index in [-0.39, 0.29) is 11.5 Å². The van der Waals surface area contributed by atoms with E-state index in [1.807, 2.05) is 13.8 Å². The highest BCUT2D eigenvalue weighted by Gasteiger charge is 2.15. The van der Waals surface area contributed by atoms with Gasteiger partial charge in [-0.05, 0) is 18.1 Å². The normalized spacial score (nSPS) is 11.5. The number of halogens is 1. The summed E-state index contributed by atoms with van der Waals surface area (Å²) in [5.74, 6) is -0.601. The van der Waals surface area contributed by atoms with Crippen molar-refractivity contribution in [1.82, 2.24) is 19.7 Å². The van der Waals surface area contributed by atoms with Gasteiger partial charge in [0, 0.05) is 13.2 Å². The Morgan fingerprint density at radius 3 is 2.62 bits per heavy atom. The number of hydrogen-bond acceptors (Lipinski definition) is 4. The van der Waals surface area contributed by atoms with Gasteiger partial charge in [-0.3, -0.25) is 4.68 Å². The van der Waals surface area contributed by atoms with Gasteiger partial charge in [0.1, 0.15) is 0 Å². The Balaban J connectivity index is 2.38. The van der Waals surface area contributed by atoms with Crippen molar-refractivity contribution >= 4 is 29.7 Å². The SMILES string of the molecule is CC(C)c1nc(/C=C/c2c(Cl)cnn2C)ncc1C(=O)O. The molecule has 2 aromatic heterocycles. The summed E-state index contributed by atoms with van der Waals surface area (Å²) in [6.07, 6.45) is 6.31. The van der Waals surface area contributed by atoms with Crippen LogP contribution in [0.3, 0.4) is 0 Å². The Kier molecular flexibility index (Phi) is 4.37. The van der Waals surface area contributed by atoms with E-state index in [1.165, 1.54) is 6.20 Å². The molecule has 0 aliphatic carbocycles. The summed E-state index contributed by atoms with van der Waals surface area (Å²) in [6.45, 7) is 3.78. The molecule has 0 aromatic carbocycles. The highest BCUT2D eigenvalue weighted by atomic mass is 35.5. The predicted octanol–water partition coefficient (Wildman–Crippen LogP) is 2.86. The lowest BCUT2D eigenvalue weighted by atomic mass is 10.1. The van der Waals surface area contributed by atoms with Crippen molar-refractivity contribution in [3.05, 3.63) is 40.2 Å². The second-order valence-electron chi connectivity index (χ2n) is 4.82. The second kappa shape index (κ2) is 6.05. The lowest BCUT2D eigenvalue weighted by Crippen LogP contribution is -2.08. The first-order valence-electron chi connectivity index (χ1n) is 6.36. The largest absolute Gasteiger partial charge is 0.478 e. The average molecular weight is 307 g/mol. The monoisotopic (exact) mass is 306 g/mol. The van der Waals surface area contributed by atoms with Crippen molar-refractivity contribution in [2.45, 2.75) is 19.8 Å². The molecule has 2 rings (SSSR count). The zero-order valence-electron chi connectivity index (χ0n) is 11.9. The van der Waals surface area contributed by atoms with Crippen LogP contribution < -0.4 is 0 Å². The van der Waals surface area contributed by atoms with Crippen molar-refractivity contribution in [1.29, 1.82) is 0 Å². The van der Waals surface area contributed by atoms with Crippen LogP contribution in [0.25, 0.3) is 12.2 Å². The molecule has 0 fully saturated rings. The van der Waals surface area contributed by atoms with Gasteiger partial charge in [0.05, 0.1) is 28.2 Å². The van der Waals surface area contributed by atoms with Crippen molar-refractivity contribution in [2.75, 3.05) is 0 Å². The summed E-state index contributed by atoms with van der Waals surface area (Å²) in [4.78, 5) is 19.5. The maximum Gasteiger partial charge on any atom is 0.339 e. The van der Waals surface area contributed by atoms with Crippen LogP contribution in [0.5, 0.6) is 0 Å². The van der Waals surface area contributed by atoms with Crippen LogP contribution in [-0.4, -0.2) is 30.8 Å². The number of hydrogen-bond donors (Lipinski definition) is 1. The van der Waals surface area contributed by atoms with Gasteiger partial charge in [-0.25, -0.2) is 14.8 Å². The number of carbonyl (C=O) groups is 1. The van der Waals surface area contributed by atoms with E-state index in [9.17, 15) is 4.79 Å². The standard InChI is InChI=1S/C14H15ClN4O2/c1-8(2)13-9(14(20)21)6-16-12(18-13)5-4-11-10(15)7-17-19(11)3/h4-8H,1-3H3,(H,20,21)/b5-4+. The van der Waals surface area contributed by atoms with Crippen molar-refractivity contribution in [3.63, 3.8) is 0 Å². The van der Waals surface area contributed by atoms with E-state index >= 15 is 0 Å². The maximum absolute atomic E-state index is 11.1. The summed E-state index contributed by atoms with van der Waals surface area (Å²) < 4.78 is 1.63. The highest BCUT2D eigenvalue weighted by molar-refractivity contribution is 6.31. The van der Waals surface area contributed by atoms with Gasteiger partial charge in [-0.1, -0.05) is 25.4 Å². The minimum Gasteiger partial charge on any atom is -0.478 e. The van der Waals surface area contributed by atoms with Crippen LogP contribution in [0.1, 0.15) is 47.3 Å². The molecule has 0 spiro atoms. The van der Waals surface area contributed by atoms with Crippen molar-refractivity contribution < 1.29 is 9.90 Å². The number of aromatic nitrogens is 4. The van der Waals surface area contributed by atoms with E-state index in [4.69, 9.17) is 16.7 Å². The summed E-state index contributed by atoms with van der Waals surface area (Å²) >= 11 is 6.01. The molecule has 0 aliphatic rings. The van der Waals surface area contributed by atoms with E-state index in [2.05, 4.69) is 15.1 Å². The van der Waals surface area contributed by atoms with Gasteiger partial charge >= 0.3 is 5.97 Å². The minimum absolute atomic E-state index is 0.00783. The van der Waals surface area contributed by atoms with Crippen LogP contribution in [0.2, 0.25) is 5.02 Å². The molecular weight excluding hydrogens is 292 g/mol. The van der Waals surface area contributed by atoms with Crippen LogP contribution in [0.15, 0.2) is 12.4 Å². The quantitative estimate of drug-likeness (QED) is 0.939. The Morgan fingerprint density at radius 1 is 1.38 bits per heavy atom. The topological polar surface area (TPSA) is 80.9 Å². The molecule has 0 unspecified atom stereocenters. The van der Waals surface area contributed by atoms with Gasteiger partial charge in [-0.15, -0.1) is 0 Å². The van der Waals surface area contributed by atoms with Gasteiger partial charge in [0.25, 0.3) is 0 Å². The summed E-state index contributed by atoms with van der Waals surface area (Å²) in [7, 11) is 1.78. The Hall–Kier alpha value is -2.21. The van der Waals surface area contributed by atoms with E-state index in [0.29, 0.717) is 16.5 Å². The Bertz CT molecular complexity index is 687. The number of aromatic carboxylic acids is 1. The zero-order chi connectivity index (χ0) is 15.6. The van der Waals surface area contributed by atoms with Crippen LogP contribution in [0.4, 0.5) is 0 Å². The number of carboxylic acids is 1. The zero-order valence-corrected chi connectivity index (χ0v) is 12.7. The first kappa shape index (κ1) is 15.2. The first-order chi connectivity index (χ1) is 9.90. The number of carboxylic acid groups (broad SMARTS) is 1. The molecule has 2 heterocycles. The van der Waals surface area contributed by atoms with Gasteiger partial charge in [0.15, 0.2) is 5.82 Å². The van der Waals surface area contributed by atoms with Crippen LogP contribution in [0, 0.1) is 0 Å². The number of rotatable bonds is 4. The van der Waals surface area contributed by atoms with Crippen LogP contribution >= 0.6 is 11.6 Å². The molecule has 1 N–H and O–H groups in total. The van der Waals surface area contributed by atoms with Crippen molar-refractivity contribution in [2.24, 2.45) is 7.05 Å². The van der Waals surface area contributed by atoms with E-state index in [1.54, 1.807) is 30.1 Å².